The number of carbonyl (C=O) groups excluding carboxylic acids is 1. The molecular weight excluding hydrogens is 484 g/mol. The molecular formula is C30H36N2O6. The van der Waals surface area contributed by atoms with Crippen LogP contribution in [0.5, 0.6) is 11.5 Å². The predicted octanol–water partition coefficient (Wildman–Crippen LogP) is 4.56. The molecule has 0 aliphatic heterocycles. The summed E-state index contributed by atoms with van der Waals surface area (Å²) in [6.07, 6.45) is 5.95. The van der Waals surface area contributed by atoms with Crippen molar-refractivity contribution in [2.75, 3.05) is 21.3 Å². The minimum atomic E-state index is -1.09. The van der Waals surface area contributed by atoms with Gasteiger partial charge < -0.3 is 24.7 Å². The highest BCUT2D eigenvalue weighted by molar-refractivity contribution is 6.40. The first kappa shape index (κ1) is 26.1. The van der Waals surface area contributed by atoms with E-state index in [1.165, 1.54) is 13.5 Å². The van der Waals surface area contributed by atoms with Crippen LogP contribution in [0.15, 0.2) is 47.6 Å². The van der Waals surface area contributed by atoms with Gasteiger partial charge in [-0.25, -0.2) is 4.79 Å². The first-order valence-corrected chi connectivity index (χ1v) is 13.4. The number of hydrogen-bond donors (Lipinski definition) is 2. The number of rotatable bonds is 10. The highest BCUT2D eigenvalue weighted by Gasteiger charge is 2.51. The van der Waals surface area contributed by atoms with Gasteiger partial charge in [-0.3, -0.25) is 4.79 Å². The number of carboxylic acid groups (broad SMARTS) is 1. The Labute approximate surface area is 223 Å². The van der Waals surface area contributed by atoms with E-state index in [9.17, 15) is 14.7 Å². The van der Waals surface area contributed by atoms with E-state index in [1.807, 2.05) is 42.5 Å². The third-order valence-electron chi connectivity index (χ3n) is 8.68. The van der Waals surface area contributed by atoms with Crippen molar-refractivity contribution in [3.05, 3.63) is 48.0 Å². The van der Waals surface area contributed by atoms with Crippen molar-refractivity contribution in [2.24, 2.45) is 34.7 Å². The maximum absolute atomic E-state index is 13.4. The van der Waals surface area contributed by atoms with Crippen LogP contribution in [0.25, 0.3) is 11.1 Å². The van der Waals surface area contributed by atoms with Gasteiger partial charge in [0.2, 0.25) is 0 Å². The van der Waals surface area contributed by atoms with Crippen molar-refractivity contribution in [1.29, 1.82) is 0 Å². The minimum absolute atomic E-state index is 0.0345. The van der Waals surface area contributed by atoms with E-state index in [-0.39, 0.29) is 12.3 Å². The summed E-state index contributed by atoms with van der Waals surface area (Å²) in [4.78, 5) is 30.7. The number of oxime groups is 1. The van der Waals surface area contributed by atoms with Crippen molar-refractivity contribution in [2.45, 2.75) is 44.6 Å². The van der Waals surface area contributed by atoms with Gasteiger partial charge in [0.25, 0.3) is 5.91 Å². The summed E-state index contributed by atoms with van der Waals surface area (Å²) < 4.78 is 11.0. The van der Waals surface area contributed by atoms with Crippen LogP contribution in [0.4, 0.5) is 0 Å². The number of ether oxygens (including phenoxy) is 2. The molecule has 4 fully saturated rings. The van der Waals surface area contributed by atoms with Crippen molar-refractivity contribution in [1.82, 2.24) is 5.32 Å². The summed E-state index contributed by atoms with van der Waals surface area (Å²) >= 11 is 0. The van der Waals surface area contributed by atoms with E-state index < -0.39 is 17.9 Å². The number of nitrogens with zero attached hydrogens (tertiary/aromatic N) is 1. The first-order valence-electron chi connectivity index (χ1n) is 13.4. The SMILES string of the molecule is CO/N=C(\C(=O)N[C@@H](Cc1ccc(-c2c(OC)cccc2OC)cc1)C(=O)O)C1C2CC3CC(C2)CC1C3. The topological polar surface area (TPSA) is 106 Å². The van der Waals surface area contributed by atoms with Gasteiger partial charge in [-0.1, -0.05) is 35.5 Å². The Morgan fingerprint density at radius 2 is 1.50 bits per heavy atom. The zero-order chi connectivity index (χ0) is 26.8. The van der Waals surface area contributed by atoms with Crippen molar-refractivity contribution >= 4 is 17.6 Å². The lowest BCUT2D eigenvalue weighted by atomic mass is 9.51. The van der Waals surface area contributed by atoms with Gasteiger partial charge in [-0.15, -0.1) is 0 Å². The van der Waals surface area contributed by atoms with E-state index in [2.05, 4.69) is 10.5 Å². The molecule has 2 N–H and O–H groups in total. The summed E-state index contributed by atoms with van der Waals surface area (Å²) in [6.45, 7) is 0. The largest absolute Gasteiger partial charge is 0.496 e. The van der Waals surface area contributed by atoms with Gasteiger partial charge in [-0.2, -0.15) is 0 Å². The zero-order valence-corrected chi connectivity index (χ0v) is 22.2. The number of amides is 1. The molecule has 4 saturated carbocycles. The van der Waals surface area contributed by atoms with Crippen LogP contribution in [-0.2, 0) is 20.8 Å². The van der Waals surface area contributed by atoms with Gasteiger partial charge in [-0.05, 0) is 79.0 Å². The fourth-order valence-electron chi connectivity index (χ4n) is 7.33. The first-order chi connectivity index (χ1) is 18.4. The van der Waals surface area contributed by atoms with Crippen LogP contribution in [-0.4, -0.2) is 50.1 Å². The molecule has 6 rings (SSSR count). The Morgan fingerprint density at radius 1 is 0.921 bits per heavy atom. The van der Waals surface area contributed by atoms with Crippen LogP contribution >= 0.6 is 0 Å². The van der Waals surface area contributed by atoms with Crippen LogP contribution in [0.1, 0.15) is 37.7 Å². The van der Waals surface area contributed by atoms with E-state index in [4.69, 9.17) is 14.3 Å². The molecule has 2 aromatic carbocycles. The van der Waals surface area contributed by atoms with Crippen LogP contribution in [0.2, 0.25) is 0 Å². The highest BCUT2D eigenvalue weighted by Crippen LogP contribution is 2.57. The van der Waals surface area contributed by atoms with Crippen molar-refractivity contribution < 1.29 is 29.0 Å². The number of nitrogens with one attached hydrogen (secondary N) is 1. The monoisotopic (exact) mass is 520 g/mol. The number of carbonyl (C=O) groups is 2. The Kier molecular flexibility index (Phi) is 7.58. The molecule has 0 unspecified atom stereocenters. The highest BCUT2D eigenvalue weighted by atomic mass is 16.6. The summed E-state index contributed by atoms with van der Waals surface area (Å²) in [6, 6.07) is 12.0. The molecule has 1 atom stereocenters. The number of carboxylic acids is 1. The maximum atomic E-state index is 13.4. The molecule has 1 amide bonds. The predicted molar refractivity (Wildman–Crippen MR) is 143 cm³/mol. The Morgan fingerprint density at radius 3 is 2.00 bits per heavy atom. The van der Waals surface area contributed by atoms with Crippen molar-refractivity contribution in [3.8, 4) is 22.6 Å². The average molecular weight is 521 g/mol. The lowest BCUT2D eigenvalue weighted by molar-refractivity contribution is -0.141. The van der Waals surface area contributed by atoms with Crippen LogP contribution in [0.3, 0.4) is 0 Å². The molecule has 0 radical (unpaired) electrons. The molecule has 0 heterocycles. The molecule has 4 aliphatic rings. The normalized spacial score (nSPS) is 26.5. The summed E-state index contributed by atoms with van der Waals surface area (Å²) in [5.41, 5.74) is 2.85. The van der Waals surface area contributed by atoms with Gasteiger partial charge in [0.15, 0.2) is 0 Å². The third-order valence-corrected chi connectivity index (χ3v) is 8.68. The lowest BCUT2D eigenvalue weighted by Crippen LogP contribution is -2.53. The van der Waals surface area contributed by atoms with Gasteiger partial charge in [0.05, 0.1) is 19.8 Å². The minimum Gasteiger partial charge on any atom is -0.496 e. The van der Waals surface area contributed by atoms with Gasteiger partial charge in [0, 0.05) is 12.3 Å². The number of aliphatic carboxylic acids is 1. The van der Waals surface area contributed by atoms with Gasteiger partial charge >= 0.3 is 5.97 Å². The zero-order valence-electron chi connectivity index (χ0n) is 22.2. The molecule has 4 bridgehead atoms. The average Bonchev–Trinajstić information content (AvgIpc) is 2.91. The molecule has 38 heavy (non-hydrogen) atoms. The molecule has 2 aromatic rings. The molecule has 0 aromatic heterocycles. The van der Waals surface area contributed by atoms with Crippen LogP contribution < -0.4 is 14.8 Å². The Balaban J connectivity index is 1.31. The molecule has 8 heteroatoms. The van der Waals surface area contributed by atoms with Crippen molar-refractivity contribution in [3.63, 3.8) is 0 Å². The second-order valence-corrected chi connectivity index (χ2v) is 10.9. The summed E-state index contributed by atoms with van der Waals surface area (Å²) in [5.74, 6) is 2.24. The summed E-state index contributed by atoms with van der Waals surface area (Å²) in [5, 5.41) is 16.9. The second kappa shape index (κ2) is 11.1. The Bertz CT molecular complexity index is 1160. The maximum Gasteiger partial charge on any atom is 0.326 e. The molecule has 202 valence electrons. The van der Waals surface area contributed by atoms with Gasteiger partial charge in [0.1, 0.15) is 30.4 Å². The smallest absolute Gasteiger partial charge is 0.326 e. The number of hydrogen-bond acceptors (Lipinski definition) is 6. The summed E-state index contributed by atoms with van der Waals surface area (Å²) in [7, 11) is 4.66. The number of benzene rings is 2. The molecule has 0 saturated heterocycles. The second-order valence-electron chi connectivity index (χ2n) is 10.9. The van der Waals surface area contributed by atoms with Crippen LogP contribution in [0, 0.1) is 29.6 Å². The molecule has 8 nitrogen and oxygen atoms in total. The third kappa shape index (κ3) is 5.08. The fourth-order valence-corrected chi connectivity index (χ4v) is 7.33. The molecule has 0 spiro atoms. The molecule has 4 aliphatic carbocycles. The Hall–Kier alpha value is -3.55. The van der Waals surface area contributed by atoms with E-state index in [0.29, 0.717) is 29.0 Å². The lowest BCUT2D eigenvalue weighted by Gasteiger charge is -2.54. The van der Waals surface area contributed by atoms with E-state index >= 15 is 0 Å². The fraction of sp³-hybridized carbons (Fsp3) is 0.500. The standard InChI is InChI=1S/C30H36N2O6/c1-36-24-5-4-6-25(37-2)27(24)20-9-7-17(8-10-20)16-23(30(34)35)31-29(33)28(32-38-3)26-21-12-18-11-19(14-21)15-22(26)13-18/h4-10,18-19,21-23,26H,11-16H2,1-3H3,(H,31,33)(H,34,35)/b32-28-/t18?,19?,21?,22?,23-,26?/m0/s1. The van der Waals surface area contributed by atoms with E-state index in [0.717, 1.165) is 54.2 Å². The number of methoxy groups -OCH3 is 2. The quantitative estimate of drug-likeness (QED) is 0.352. The van der Waals surface area contributed by atoms with E-state index in [1.54, 1.807) is 14.2 Å².